The molecule has 1 unspecified atom stereocenters. The number of hydrogen-bond acceptors (Lipinski definition) is 6. The second kappa shape index (κ2) is 60.9. The van der Waals surface area contributed by atoms with Gasteiger partial charge in [-0.2, -0.15) is 0 Å². The summed E-state index contributed by atoms with van der Waals surface area (Å²) in [7, 11) is 0. The van der Waals surface area contributed by atoms with Crippen LogP contribution in [0.3, 0.4) is 0 Å². The first-order valence-electron chi connectivity index (χ1n) is 30.8. The number of carbonyl (C=O) groups excluding carboxylic acids is 3. The monoisotopic (exact) mass is 1010 g/mol. The Morgan fingerprint density at radius 3 is 0.795 bits per heavy atom. The number of hydrogen-bond donors (Lipinski definition) is 0. The minimum atomic E-state index is -0.801. The molecule has 6 heteroatoms. The van der Waals surface area contributed by atoms with Gasteiger partial charge in [-0.05, 0) is 70.6 Å². The van der Waals surface area contributed by atoms with Crippen molar-refractivity contribution in [2.45, 2.75) is 297 Å². The first kappa shape index (κ1) is 69.3. The van der Waals surface area contributed by atoms with Gasteiger partial charge >= 0.3 is 17.9 Å². The van der Waals surface area contributed by atoms with E-state index in [1.807, 2.05) is 0 Å². The summed E-state index contributed by atoms with van der Waals surface area (Å²) in [6.07, 6.45) is 81.0. The van der Waals surface area contributed by atoms with Crippen molar-refractivity contribution in [1.82, 2.24) is 0 Å². The standard InChI is InChI=1S/C67H114O6/c1-4-7-10-13-16-19-22-25-28-31-34-37-39-42-45-48-51-54-57-60-66(69)72-63-64(73-67(70)61-58-55-52-49-46-43-40-36-33-30-27-24-21-18-15-12-9-6-3)62-71-65(68)59-56-53-50-47-44-41-38-35-32-29-26-23-20-17-14-11-8-5-2/h17-18,20-21,23-24,26-27,29-30,32-33,35-36,38,40,64H,4-16,19,22,25,28,31,34,37,39,41-63H2,1-3H3/b20-17-,21-18-,26-23-,27-24-,32-29-,33-30-,38-35-,40-36-. The molecule has 418 valence electrons. The average molecular weight is 1020 g/mol. The zero-order valence-corrected chi connectivity index (χ0v) is 47.9. The van der Waals surface area contributed by atoms with Crippen molar-refractivity contribution in [2.75, 3.05) is 13.2 Å². The first-order chi connectivity index (χ1) is 36.0. The number of rotatable bonds is 55. The lowest BCUT2D eigenvalue weighted by Gasteiger charge is -2.18. The zero-order valence-electron chi connectivity index (χ0n) is 47.9. The summed E-state index contributed by atoms with van der Waals surface area (Å²) in [6.45, 7) is 6.55. The molecule has 6 nitrogen and oxygen atoms in total. The van der Waals surface area contributed by atoms with Crippen LogP contribution in [0.4, 0.5) is 0 Å². The number of carbonyl (C=O) groups is 3. The molecule has 0 aliphatic carbocycles. The highest BCUT2D eigenvalue weighted by molar-refractivity contribution is 5.71. The summed E-state index contributed by atoms with van der Waals surface area (Å²) in [5, 5.41) is 0. The summed E-state index contributed by atoms with van der Waals surface area (Å²) in [5.74, 6) is -0.931. The summed E-state index contributed by atoms with van der Waals surface area (Å²) < 4.78 is 16.9. The van der Waals surface area contributed by atoms with E-state index in [1.54, 1.807) is 0 Å². The van der Waals surface area contributed by atoms with E-state index in [4.69, 9.17) is 14.2 Å². The van der Waals surface area contributed by atoms with Gasteiger partial charge in [0, 0.05) is 19.3 Å². The SMILES string of the molecule is CCCCC\C=C/C=C\C=C/C=C\CCCCCCCC(=O)OCC(COC(=O)CCCCCCCCCCCCCCCCCCCCC)OC(=O)CCCCCCC\C=C/C=C\C=C/C=C\CCCCC. The quantitative estimate of drug-likeness (QED) is 0.0261. The van der Waals surface area contributed by atoms with Crippen molar-refractivity contribution in [3.05, 3.63) is 97.2 Å². The van der Waals surface area contributed by atoms with Gasteiger partial charge in [-0.15, -0.1) is 0 Å². The van der Waals surface area contributed by atoms with Crippen LogP contribution >= 0.6 is 0 Å². The van der Waals surface area contributed by atoms with Crippen LogP contribution in [0.15, 0.2) is 97.2 Å². The third-order valence-electron chi connectivity index (χ3n) is 13.3. The normalized spacial score (nSPS) is 12.8. The molecule has 0 rings (SSSR count). The van der Waals surface area contributed by atoms with Gasteiger partial charge in [0.05, 0.1) is 0 Å². The molecule has 0 aromatic heterocycles. The molecule has 0 aromatic rings. The van der Waals surface area contributed by atoms with Gasteiger partial charge in [-0.1, -0.05) is 298 Å². The summed E-state index contributed by atoms with van der Waals surface area (Å²) in [5.41, 5.74) is 0. The Labute approximate surface area is 451 Å². The molecule has 0 aliphatic heterocycles. The molecular formula is C67H114O6. The predicted molar refractivity (Wildman–Crippen MR) is 316 cm³/mol. The second-order valence-corrected chi connectivity index (χ2v) is 20.4. The lowest BCUT2D eigenvalue weighted by molar-refractivity contribution is -0.167. The van der Waals surface area contributed by atoms with Gasteiger partial charge in [-0.25, -0.2) is 0 Å². The van der Waals surface area contributed by atoms with E-state index >= 15 is 0 Å². The third-order valence-corrected chi connectivity index (χ3v) is 13.3. The molecule has 0 fully saturated rings. The Balaban J connectivity index is 4.47. The van der Waals surface area contributed by atoms with Crippen molar-refractivity contribution in [1.29, 1.82) is 0 Å². The van der Waals surface area contributed by atoms with Crippen LogP contribution in [0.5, 0.6) is 0 Å². The van der Waals surface area contributed by atoms with Gasteiger partial charge < -0.3 is 14.2 Å². The van der Waals surface area contributed by atoms with Gasteiger partial charge in [0.2, 0.25) is 0 Å². The number of allylic oxidation sites excluding steroid dienone is 16. The highest BCUT2D eigenvalue weighted by Gasteiger charge is 2.19. The largest absolute Gasteiger partial charge is 0.462 e. The molecule has 0 N–H and O–H groups in total. The second-order valence-electron chi connectivity index (χ2n) is 20.4. The summed E-state index contributed by atoms with van der Waals surface area (Å²) >= 11 is 0. The molecule has 0 amide bonds. The minimum absolute atomic E-state index is 0.0936. The molecule has 1 atom stereocenters. The van der Waals surface area contributed by atoms with Gasteiger partial charge in [0.1, 0.15) is 13.2 Å². The van der Waals surface area contributed by atoms with Crippen LogP contribution in [0.2, 0.25) is 0 Å². The van der Waals surface area contributed by atoms with Crippen LogP contribution in [-0.2, 0) is 28.6 Å². The lowest BCUT2D eigenvalue weighted by Crippen LogP contribution is -2.30. The topological polar surface area (TPSA) is 78.9 Å². The molecule has 0 aromatic carbocycles. The Morgan fingerprint density at radius 2 is 0.493 bits per heavy atom. The highest BCUT2D eigenvalue weighted by atomic mass is 16.6. The van der Waals surface area contributed by atoms with Crippen molar-refractivity contribution < 1.29 is 28.6 Å². The Hall–Kier alpha value is -3.67. The maximum Gasteiger partial charge on any atom is 0.306 e. The molecule has 0 aliphatic rings. The van der Waals surface area contributed by atoms with Crippen LogP contribution < -0.4 is 0 Å². The minimum Gasteiger partial charge on any atom is -0.462 e. The number of esters is 3. The Morgan fingerprint density at radius 1 is 0.274 bits per heavy atom. The smallest absolute Gasteiger partial charge is 0.306 e. The van der Waals surface area contributed by atoms with Gasteiger partial charge in [0.25, 0.3) is 0 Å². The molecule has 0 radical (unpaired) electrons. The van der Waals surface area contributed by atoms with E-state index < -0.39 is 6.10 Å². The first-order valence-corrected chi connectivity index (χ1v) is 30.8. The third kappa shape index (κ3) is 59.1. The van der Waals surface area contributed by atoms with Gasteiger partial charge in [0.15, 0.2) is 6.10 Å². The number of unbranched alkanes of at least 4 members (excludes halogenated alkanes) is 34. The van der Waals surface area contributed by atoms with E-state index in [2.05, 4.69) is 118 Å². The fourth-order valence-corrected chi connectivity index (χ4v) is 8.59. The maximum absolute atomic E-state index is 12.9. The molecule has 0 bridgehead atoms. The van der Waals surface area contributed by atoms with Gasteiger partial charge in [-0.3, -0.25) is 14.4 Å². The lowest BCUT2D eigenvalue weighted by atomic mass is 10.0. The van der Waals surface area contributed by atoms with Crippen LogP contribution in [-0.4, -0.2) is 37.2 Å². The van der Waals surface area contributed by atoms with E-state index in [1.165, 1.54) is 141 Å². The zero-order chi connectivity index (χ0) is 52.9. The summed E-state index contributed by atoms with van der Waals surface area (Å²) in [4.78, 5) is 38.3. The van der Waals surface area contributed by atoms with Crippen molar-refractivity contribution in [3.63, 3.8) is 0 Å². The van der Waals surface area contributed by atoms with Crippen LogP contribution in [0.25, 0.3) is 0 Å². The van der Waals surface area contributed by atoms with E-state index in [9.17, 15) is 14.4 Å². The van der Waals surface area contributed by atoms with Crippen molar-refractivity contribution in [3.8, 4) is 0 Å². The maximum atomic E-state index is 12.9. The van der Waals surface area contributed by atoms with E-state index in [0.29, 0.717) is 19.3 Å². The van der Waals surface area contributed by atoms with Crippen molar-refractivity contribution >= 4 is 17.9 Å². The molecular weight excluding hydrogens is 901 g/mol. The average Bonchev–Trinajstić information content (AvgIpc) is 3.39. The molecule has 0 saturated heterocycles. The highest BCUT2D eigenvalue weighted by Crippen LogP contribution is 2.16. The Kier molecular flexibility index (Phi) is 57.8. The van der Waals surface area contributed by atoms with Crippen LogP contribution in [0.1, 0.15) is 290 Å². The summed E-state index contributed by atoms with van der Waals surface area (Å²) in [6, 6.07) is 0. The molecule has 0 saturated carbocycles. The molecule has 0 heterocycles. The fourth-order valence-electron chi connectivity index (χ4n) is 8.59. The molecule has 0 spiro atoms. The molecule has 73 heavy (non-hydrogen) atoms. The van der Waals surface area contributed by atoms with E-state index in [-0.39, 0.29) is 31.1 Å². The van der Waals surface area contributed by atoms with E-state index in [0.717, 1.165) is 109 Å². The van der Waals surface area contributed by atoms with Crippen LogP contribution in [0, 0.1) is 0 Å². The number of ether oxygens (including phenoxy) is 3. The fraction of sp³-hybridized carbons (Fsp3) is 0.716. The predicted octanol–water partition coefficient (Wildman–Crippen LogP) is 20.9. The Bertz CT molecular complexity index is 1440. The van der Waals surface area contributed by atoms with Crippen molar-refractivity contribution in [2.24, 2.45) is 0 Å².